The highest BCUT2D eigenvalue weighted by molar-refractivity contribution is 7.99. The number of benzene rings is 1. The van der Waals surface area contributed by atoms with E-state index in [0.717, 1.165) is 36.1 Å². The number of carbonyl (C=O) groups excluding carboxylic acids is 1. The van der Waals surface area contributed by atoms with Gasteiger partial charge in [0.15, 0.2) is 5.65 Å². The molecule has 0 aliphatic carbocycles. The van der Waals surface area contributed by atoms with Crippen molar-refractivity contribution in [2.24, 2.45) is 0 Å². The second kappa shape index (κ2) is 7.46. The van der Waals surface area contributed by atoms with Gasteiger partial charge < -0.3 is 19.8 Å². The van der Waals surface area contributed by atoms with Crippen LogP contribution in [-0.4, -0.2) is 58.2 Å². The van der Waals surface area contributed by atoms with Crippen LogP contribution in [0.15, 0.2) is 23.4 Å². The second-order valence-electron chi connectivity index (χ2n) is 6.06. The molecule has 26 heavy (non-hydrogen) atoms. The minimum absolute atomic E-state index is 0.0596. The SMILES string of the molecule is COc1ccc2[nH]c3nc(SCC(=O)NCC4CCCO4)nnc3c2c1. The van der Waals surface area contributed by atoms with Gasteiger partial charge in [-0.15, -0.1) is 10.2 Å². The normalized spacial score (nSPS) is 17.0. The molecule has 0 spiro atoms. The number of ether oxygens (including phenoxy) is 2. The Morgan fingerprint density at radius 2 is 2.38 bits per heavy atom. The van der Waals surface area contributed by atoms with Crippen molar-refractivity contribution in [1.29, 1.82) is 0 Å². The number of carbonyl (C=O) groups is 1. The number of fused-ring (bicyclic) bond motifs is 3. The third kappa shape index (κ3) is 3.58. The number of hydrogen-bond donors (Lipinski definition) is 2. The van der Waals surface area contributed by atoms with Crippen molar-refractivity contribution >= 4 is 39.7 Å². The molecule has 9 heteroatoms. The van der Waals surface area contributed by atoms with Crippen molar-refractivity contribution in [3.63, 3.8) is 0 Å². The summed E-state index contributed by atoms with van der Waals surface area (Å²) in [6, 6.07) is 5.69. The van der Waals surface area contributed by atoms with Crippen LogP contribution >= 0.6 is 11.8 Å². The first-order chi connectivity index (χ1) is 12.7. The molecule has 1 atom stereocenters. The highest BCUT2D eigenvalue weighted by Crippen LogP contribution is 2.27. The lowest BCUT2D eigenvalue weighted by molar-refractivity contribution is -0.119. The molecule has 0 saturated carbocycles. The van der Waals surface area contributed by atoms with Gasteiger partial charge in [0.05, 0.1) is 19.0 Å². The van der Waals surface area contributed by atoms with Gasteiger partial charge >= 0.3 is 0 Å². The summed E-state index contributed by atoms with van der Waals surface area (Å²) in [7, 11) is 1.62. The maximum Gasteiger partial charge on any atom is 0.230 e. The Bertz CT molecular complexity index is 939. The summed E-state index contributed by atoms with van der Waals surface area (Å²) in [5.41, 5.74) is 2.25. The summed E-state index contributed by atoms with van der Waals surface area (Å²) in [5.74, 6) is 0.936. The largest absolute Gasteiger partial charge is 0.497 e. The average Bonchev–Trinajstić information content (AvgIpc) is 3.31. The molecular weight excluding hydrogens is 354 g/mol. The van der Waals surface area contributed by atoms with Gasteiger partial charge in [0, 0.05) is 24.1 Å². The fraction of sp³-hybridized carbons (Fsp3) is 0.412. The highest BCUT2D eigenvalue weighted by Gasteiger charge is 2.16. The van der Waals surface area contributed by atoms with Crippen molar-refractivity contribution < 1.29 is 14.3 Å². The minimum atomic E-state index is -0.0596. The number of thioether (sulfide) groups is 1. The van der Waals surface area contributed by atoms with Gasteiger partial charge in [0.25, 0.3) is 0 Å². The number of aromatic amines is 1. The van der Waals surface area contributed by atoms with Crippen molar-refractivity contribution in [3.05, 3.63) is 18.2 Å². The number of methoxy groups -OCH3 is 1. The first-order valence-corrected chi connectivity index (χ1v) is 9.43. The summed E-state index contributed by atoms with van der Waals surface area (Å²) in [5, 5.41) is 12.6. The second-order valence-corrected chi connectivity index (χ2v) is 7.00. The number of amides is 1. The summed E-state index contributed by atoms with van der Waals surface area (Å²) in [6.07, 6.45) is 2.20. The molecule has 4 rings (SSSR count). The average molecular weight is 373 g/mol. The van der Waals surface area contributed by atoms with Crippen LogP contribution in [0.1, 0.15) is 12.8 Å². The molecule has 136 valence electrons. The van der Waals surface area contributed by atoms with Gasteiger partial charge in [-0.05, 0) is 31.0 Å². The van der Waals surface area contributed by atoms with Crippen LogP contribution < -0.4 is 10.1 Å². The number of rotatable bonds is 6. The third-order valence-electron chi connectivity index (χ3n) is 4.29. The lowest BCUT2D eigenvalue weighted by Crippen LogP contribution is -2.32. The maximum absolute atomic E-state index is 12.0. The number of nitrogens with one attached hydrogen (secondary N) is 2. The molecule has 3 heterocycles. The first kappa shape index (κ1) is 17.0. The van der Waals surface area contributed by atoms with Crippen molar-refractivity contribution in [3.8, 4) is 5.75 Å². The molecule has 2 N–H and O–H groups in total. The van der Waals surface area contributed by atoms with Crippen LogP contribution in [0.2, 0.25) is 0 Å². The quantitative estimate of drug-likeness (QED) is 0.636. The van der Waals surface area contributed by atoms with Gasteiger partial charge in [-0.3, -0.25) is 4.79 Å². The van der Waals surface area contributed by atoms with Gasteiger partial charge in [-0.1, -0.05) is 11.8 Å². The maximum atomic E-state index is 12.0. The number of nitrogens with zero attached hydrogens (tertiary/aromatic N) is 3. The van der Waals surface area contributed by atoms with E-state index in [1.54, 1.807) is 7.11 Å². The summed E-state index contributed by atoms with van der Waals surface area (Å²) >= 11 is 1.26. The zero-order valence-electron chi connectivity index (χ0n) is 14.3. The van der Waals surface area contributed by atoms with E-state index in [4.69, 9.17) is 9.47 Å². The predicted octanol–water partition coefficient (Wildman–Crippen LogP) is 1.90. The molecule has 1 unspecified atom stereocenters. The standard InChI is InChI=1S/C17H19N5O3S/c1-24-10-4-5-13-12(7-10)15-16(19-13)20-17(22-21-15)26-9-14(23)18-8-11-3-2-6-25-11/h4-5,7,11H,2-3,6,8-9H2,1H3,(H,18,23)(H,19,20,22). The van der Waals surface area contributed by atoms with Crippen molar-refractivity contribution in [2.75, 3.05) is 26.0 Å². The van der Waals surface area contributed by atoms with Gasteiger partial charge in [-0.2, -0.15) is 0 Å². The molecule has 1 amide bonds. The van der Waals surface area contributed by atoms with Crippen LogP contribution in [-0.2, 0) is 9.53 Å². The Hall–Kier alpha value is -2.39. The van der Waals surface area contributed by atoms with Crippen molar-refractivity contribution in [1.82, 2.24) is 25.5 Å². The lowest BCUT2D eigenvalue weighted by atomic mass is 10.2. The molecule has 1 aliphatic heterocycles. The molecule has 1 saturated heterocycles. The van der Waals surface area contributed by atoms with Gasteiger partial charge in [0.1, 0.15) is 11.3 Å². The zero-order chi connectivity index (χ0) is 17.9. The van der Waals surface area contributed by atoms with E-state index in [1.807, 2.05) is 18.2 Å². The number of aromatic nitrogens is 4. The molecule has 2 aromatic heterocycles. The molecule has 1 fully saturated rings. The number of hydrogen-bond acceptors (Lipinski definition) is 7. The van der Waals surface area contributed by atoms with E-state index in [0.29, 0.717) is 22.9 Å². The zero-order valence-corrected chi connectivity index (χ0v) is 15.1. The number of H-pyrrole nitrogens is 1. The van der Waals surface area contributed by atoms with Crippen LogP contribution in [0.3, 0.4) is 0 Å². The molecule has 0 radical (unpaired) electrons. The minimum Gasteiger partial charge on any atom is -0.497 e. The fourth-order valence-corrected chi connectivity index (χ4v) is 3.55. The van der Waals surface area contributed by atoms with E-state index in [-0.39, 0.29) is 17.8 Å². The molecule has 3 aromatic rings. The van der Waals surface area contributed by atoms with E-state index >= 15 is 0 Å². The third-order valence-corrected chi connectivity index (χ3v) is 5.12. The van der Waals surface area contributed by atoms with Gasteiger partial charge in [-0.25, -0.2) is 4.98 Å². The summed E-state index contributed by atoms with van der Waals surface area (Å²) in [4.78, 5) is 19.6. The van der Waals surface area contributed by atoms with E-state index in [9.17, 15) is 4.79 Å². The molecule has 1 aliphatic rings. The Balaban J connectivity index is 1.42. The topological polar surface area (TPSA) is 102 Å². The predicted molar refractivity (Wildman–Crippen MR) is 98.4 cm³/mol. The Labute approximate surface area is 154 Å². The van der Waals surface area contributed by atoms with Gasteiger partial charge in [0.2, 0.25) is 11.1 Å². The monoisotopic (exact) mass is 373 g/mol. The fourth-order valence-electron chi connectivity index (χ4n) is 2.94. The Kier molecular flexibility index (Phi) is 4.89. The lowest BCUT2D eigenvalue weighted by Gasteiger charge is -2.10. The van der Waals surface area contributed by atoms with E-state index in [1.165, 1.54) is 11.8 Å². The van der Waals surface area contributed by atoms with Crippen LogP contribution in [0.25, 0.3) is 22.1 Å². The Morgan fingerprint density at radius 3 is 3.19 bits per heavy atom. The van der Waals surface area contributed by atoms with Crippen LogP contribution in [0.4, 0.5) is 0 Å². The van der Waals surface area contributed by atoms with Crippen LogP contribution in [0.5, 0.6) is 5.75 Å². The van der Waals surface area contributed by atoms with Crippen LogP contribution in [0, 0.1) is 0 Å². The van der Waals surface area contributed by atoms with E-state index < -0.39 is 0 Å². The molecule has 1 aromatic carbocycles. The molecular formula is C17H19N5O3S. The first-order valence-electron chi connectivity index (χ1n) is 8.44. The molecule has 0 bridgehead atoms. The smallest absolute Gasteiger partial charge is 0.230 e. The van der Waals surface area contributed by atoms with E-state index in [2.05, 4.69) is 25.5 Å². The summed E-state index contributed by atoms with van der Waals surface area (Å²) in [6.45, 7) is 1.34. The Morgan fingerprint density at radius 1 is 1.46 bits per heavy atom. The highest BCUT2D eigenvalue weighted by atomic mass is 32.2. The van der Waals surface area contributed by atoms with Crippen molar-refractivity contribution in [2.45, 2.75) is 24.1 Å². The molecule has 8 nitrogen and oxygen atoms in total. The summed E-state index contributed by atoms with van der Waals surface area (Å²) < 4.78 is 10.7.